The van der Waals surface area contributed by atoms with Crippen LogP contribution in [0.15, 0.2) is 54.6 Å². The molecule has 0 spiro atoms. The first-order valence-corrected chi connectivity index (χ1v) is 10.3. The van der Waals surface area contributed by atoms with Gasteiger partial charge in [0.1, 0.15) is 0 Å². The third kappa shape index (κ3) is 6.22. The number of amides is 2. The molecular formula is C24H30N2O2. The van der Waals surface area contributed by atoms with Crippen LogP contribution in [0.5, 0.6) is 0 Å². The second-order valence-electron chi connectivity index (χ2n) is 7.83. The van der Waals surface area contributed by atoms with E-state index in [2.05, 4.69) is 22.8 Å². The molecule has 1 atom stereocenters. The zero-order chi connectivity index (χ0) is 19.8. The molecule has 2 amide bonds. The van der Waals surface area contributed by atoms with Crippen LogP contribution < -0.4 is 10.6 Å². The lowest BCUT2D eigenvalue weighted by Crippen LogP contribution is -2.31. The summed E-state index contributed by atoms with van der Waals surface area (Å²) in [7, 11) is 0. The van der Waals surface area contributed by atoms with E-state index in [9.17, 15) is 9.59 Å². The van der Waals surface area contributed by atoms with Gasteiger partial charge in [0, 0.05) is 12.6 Å². The molecule has 2 N–H and O–H groups in total. The third-order valence-corrected chi connectivity index (χ3v) is 5.47. The molecule has 148 valence electrons. The van der Waals surface area contributed by atoms with Crippen LogP contribution in [-0.4, -0.2) is 11.8 Å². The van der Waals surface area contributed by atoms with E-state index in [1.807, 2.05) is 42.5 Å². The molecule has 4 nitrogen and oxygen atoms in total. The van der Waals surface area contributed by atoms with Crippen LogP contribution in [-0.2, 0) is 16.0 Å². The predicted octanol–water partition coefficient (Wildman–Crippen LogP) is 5.02. The number of carbonyl (C=O) groups excluding carboxylic acids is 2. The highest BCUT2D eigenvalue weighted by molar-refractivity contribution is 5.88. The van der Waals surface area contributed by atoms with Gasteiger partial charge >= 0.3 is 0 Å². The highest BCUT2D eigenvalue weighted by Crippen LogP contribution is 2.32. The lowest BCUT2D eigenvalue weighted by molar-refractivity contribution is -0.121. The Balaban J connectivity index is 1.62. The topological polar surface area (TPSA) is 58.2 Å². The Kier molecular flexibility index (Phi) is 7.24. The van der Waals surface area contributed by atoms with Crippen LogP contribution in [0, 0.1) is 5.92 Å². The number of hydrogen-bond acceptors (Lipinski definition) is 2. The van der Waals surface area contributed by atoms with Crippen molar-refractivity contribution >= 4 is 17.5 Å². The van der Waals surface area contributed by atoms with Gasteiger partial charge in [0.05, 0.1) is 12.5 Å². The zero-order valence-electron chi connectivity index (χ0n) is 16.6. The van der Waals surface area contributed by atoms with Gasteiger partial charge in [-0.1, -0.05) is 74.6 Å². The standard InChI is InChI=1S/C24H30N2O2/c1-18(27)25-22-14-12-20(13-15-22)17-24(28)26-23(21-10-6-3-7-11-21)16-19-8-4-2-5-9-19/h3,6-7,10-15,19,23H,2,4-5,8-9,16-17H2,1H3,(H,25,27)(H,26,28). The fourth-order valence-electron chi connectivity index (χ4n) is 4.06. The SMILES string of the molecule is CC(=O)Nc1ccc(CC(=O)NC(CC2CCCCC2)c2ccccc2)cc1. The van der Waals surface area contributed by atoms with E-state index in [1.54, 1.807) is 0 Å². The summed E-state index contributed by atoms with van der Waals surface area (Å²) in [6.45, 7) is 1.48. The molecule has 0 radical (unpaired) electrons. The molecule has 3 rings (SSSR count). The van der Waals surface area contributed by atoms with Gasteiger partial charge in [-0.25, -0.2) is 0 Å². The van der Waals surface area contributed by atoms with Crippen molar-refractivity contribution in [3.63, 3.8) is 0 Å². The molecule has 4 heteroatoms. The molecule has 1 aliphatic rings. The Hall–Kier alpha value is -2.62. The van der Waals surface area contributed by atoms with Crippen LogP contribution >= 0.6 is 0 Å². The molecule has 0 aliphatic heterocycles. The van der Waals surface area contributed by atoms with Crippen LogP contribution in [0.25, 0.3) is 0 Å². The van der Waals surface area contributed by atoms with Gasteiger partial charge in [-0.2, -0.15) is 0 Å². The van der Waals surface area contributed by atoms with E-state index in [1.165, 1.54) is 44.6 Å². The fourth-order valence-corrected chi connectivity index (χ4v) is 4.06. The monoisotopic (exact) mass is 378 g/mol. The maximum Gasteiger partial charge on any atom is 0.224 e. The van der Waals surface area contributed by atoms with Crippen LogP contribution in [0.4, 0.5) is 5.69 Å². The zero-order valence-corrected chi connectivity index (χ0v) is 16.6. The highest BCUT2D eigenvalue weighted by atomic mass is 16.2. The van der Waals surface area contributed by atoms with E-state index in [0.717, 1.165) is 17.7 Å². The van der Waals surface area contributed by atoms with Gasteiger partial charge in [0.15, 0.2) is 0 Å². The summed E-state index contributed by atoms with van der Waals surface area (Å²) in [4.78, 5) is 23.8. The molecule has 0 saturated heterocycles. The summed E-state index contributed by atoms with van der Waals surface area (Å²) in [6.07, 6.45) is 7.84. The Bertz CT molecular complexity index is 765. The van der Waals surface area contributed by atoms with Gasteiger partial charge in [-0.15, -0.1) is 0 Å². The largest absolute Gasteiger partial charge is 0.349 e. The summed E-state index contributed by atoms with van der Waals surface area (Å²) in [6, 6.07) is 17.8. The van der Waals surface area contributed by atoms with E-state index in [4.69, 9.17) is 0 Å². The molecule has 2 aromatic rings. The average molecular weight is 379 g/mol. The van der Waals surface area contributed by atoms with Crippen molar-refractivity contribution in [1.29, 1.82) is 0 Å². The minimum Gasteiger partial charge on any atom is -0.349 e. The van der Waals surface area contributed by atoms with Crippen LogP contribution in [0.3, 0.4) is 0 Å². The molecule has 0 aromatic heterocycles. The Morgan fingerprint density at radius 2 is 1.64 bits per heavy atom. The lowest BCUT2D eigenvalue weighted by atomic mass is 9.83. The summed E-state index contributed by atoms with van der Waals surface area (Å²) in [5.41, 5.74) is 2.87. The van der Waals surface area contributed by atoms with Crippen LogP contribution in [0.2, 0.25) is 0 Å². The second kappa shape index (κ2) is 10.1. The quantitative estimate of drug-likeness (QED) is 0.711. The molecule has 0 bridgehead atoms. The van der Waals surface area contributed by atoms with Crippen molar-refractivity contribution in [3.05, 3.63) is 65.7 Å². The summed E-state index contributed by atoms with van der Waals surface area (Å²) in [5.74, 6) is 0.632. The van der Waals surface area contributed by atoms with E-state index in [0.29, 0.717) is 12.3 Å². The molecule has 2 aromatic carbocycles. The van der Waals surface area contributed by atoms with Crippen molar-refractivity contribution in [2.45, 2.75) is 57.9 Å². The second-order valence-corrected chi connectivity index (χ2v) is 7.83. The van der Waals surface area contributed by atoms with Crippen molar-refractivity contribution in [2.75, 3.05) is 5.32 Å². The van der Waals surface area contributed by atoms with E-state index in [-0.39, 0.29) is 17.9 Å². The highest BCUT2D eigenvalue weighted by Gasteiger charge is 2.21. The molecule has 0 heterocycles. The molecular weight excluding hydrogens is 348 g/mol. The van der Waals surface area contributed by atoms with Crippen molar-refractivity contribution in [3.8, 4) is 0 Å². The number of hydrogen-bond donors (Lipinski definition) is 2. The van der Waals surface area contributed by atoms with Gasteiger partial charge in [-0.3, -0.25) is 9.59 Å². The lowest BCUT2D eigenvalue weighted by Gasteiger charge is -2.27. The fraction of sp³-hybridized carbons (Fsp3) is 0.417. The number of anilines is 1. The van der Waals surface area contributed by atoms with Gasteiger partial charge < -0.3 is 10.6 Å². The molecule has 1 fully saturated rings. The van der Waals surface area contributed by atoms with E-state index >= 15 is 0 Å². The van der Waals surface area contributed by atoms with Gasteiger partial charge in [-0.05, 0) is 35.6 Å². The van der Waals surface area contributed by atoms with Gasteiger partial charge in [0.25, 0.3) is 0 Å². The summed E-state index contributed by atoms with van der Waals surface area (Å²) >= 11 is 0. The number of nitrogens with one attached hydrogen (secondary N) is 2. The summed E-state index contributed by atoms with van der Waals surface area (Å²) in [5, 5.41) is 6.01. The number of rotatable bonds is 7. The van der Waals surface area contributed by atoms with Crippen molar-refractivity contribution < 1.29 is 9.59 Å². The minimum atomic E-state index is -0.0982. The Labute approximate surface area is 167 Å². The van der Waals surface area contributed by atoms with Gasteiger partial charge in [0.2, 0.25) is 11.8 Å². The van der Waals surface area contributed by atoms with Crippen molar-refractivity contribution in [2.24, 2.45) is 5.92 Å². The maximum absolute atomic E-state index is 12.7. The van der Waals surface area contributed by atoms with Crippen molar-refractivity contribution in [1.82, 2.24) is 5.32 Å². The first-order valence-electron chi connectivity index (χ1n) is 10.3. The molecule has 1 unspecified atom stereocenters. The summed E-state index contributed by atoms with van der Waals surface area (Å²) < 4.78 is 0. The van der Waals surface area contributed by atoms with Crippen LogP contribution in [0.1, 0.15) is 62.6 Å². The first kappa shape index (κ1) is 20.1. The number of carbonyl (C=O) groups is 2. The van der Waals surface area contributed by atoms with E-state index < -0.39 is 0 Å². The first-order chi connectivity index (χ1) is 13.6. The average Bonchev–Trinajstić information content (AvgIpc) is 2.70. The molecule has 1 aliphatic carbocycles. The maximum atomic E-state index is 12.7. The molecule has 1 saturated carbocycles. The normalized spacial score (nSPS) is 15.6. The molecule has 28 heavy (non-hydrogen) atoms. The minimum absolute atomic E-state index is 0.0388. The third-order valence-electron chi connectivity index (χ3n) is 5.47. The Morgan fingerprint density at radius 3 is 2.29 bits per heavy atom. The number of benzene rings is 2. The predicted molar refractivity (Wildman–Crippen MR) is 113 cm³/mol. The smallest absolute Gasteiger partial charge is 0.224 e. The Morgan fingerprint density at radius 1 is 0.964 bits per heavy atom.